The molecule has 0 saturated heterocycles. The predicted molar refractivity (Wildman–Crippen MR) is 60.3 cm³/mol. The van der Waals surface area contributed by atoms with Crippen LogP contribution in [-0.4, -0.2) is 20.3 Å². The van der Waals surface area contributed by atoms with E-state index in [-0.39, 0.29) is 12.1 Å². The summed E-state index contributed by atoms with van der Waals surface area (Å²) >= 11 is 5.22. The molecule has 0 aliphatic heterocycles. The van der Waals surface area contributed by atoms with E-state index in [9.17, 15) is 0 Å². The van der Waals surface area contributed by atoms with Crippen molar-refractivity contribution in [1.82, 2.24) is 5.32 Å². The Labute approximate surface area is 91.4 Å². The van der Waals surface area contributed by atoms with Crippen LogP contribution in [0.2, 0.25) is 0 Å². The van der Waals surface area contributed by atoms with E-state index in [2.05, 4.69) is 38.9 Å². The zero-order valence-electron chi connectivity index (χ0n) is 8.00. The molecule has 2 atom stereocenters. The number of ether oxygens (including phenoxy) is 1. The third-order valence-corrected chi connectivity index (χ3v) is 3.88. The van der Waals surface area contributed by atoms with Crippen molar-refractivity contribution in [3.8, 4) is 0 Å². The van der Waals surface area contributed by atoms with Gasteiger partial charge in [0.05, 0.1) is 12.1 Å². The van der Waals surface area contributed by atoms with Crippen LogP contribution in [-0.2, 0) is 4.74 Å². The molecule has 1 N–H and O–H groups in total. The first-order valence-electron chi connectivity index (χ1n) is 4.12. The molecule has 0 radical (unpaired) electrons. The lowest BCUT2D eigenvalue weighted by Crippen LogP contribution is -2.28. The van der Waals surface area contributed by atoms with Crippen LogP contribution in [0.1, 0.15) is 18.5 Å². The Balaban J connectivity index is 2.84. The van der Waals surface area contributed by atoms with Crippen LogP contribution < -0.4 is 5.32 Å². The third-order valence-electron chi connectivity index (χ3n) is 2.13. The van der Waals surface area contributed by atoms with E-state index < -0.39 is 0 Å². The first-order chi connectivity index (χ1) is 6.20. The monoisotopic (exact) mass is 263 g/mol. The maximum absolute atomic E-state index is 5.30. The van der Waals surface area contributed by atoms with E-state index in [4.69, 9.17) is 4.74 Å². The van der Waals surface area contributed by atoms with E-state index in [1.54, 1.807) is 18.4 Å². The minimum absolute atomic E-state index is 0.177. The molecular formula is C9H14BrNOS. The van der Waals surface area contributed by atoms with Crippen LogP contribution in [0, 0.1) is 0 Å². The van der Waals surface area contributed by atoms with Gasteiger partial charge in [0.1, 0.15) is 0 Å². The van der Waals surface area contributed by atoms with Crippen molar-refractivity contribution in [2.24, 2.45) is 0 Å². The van der Waals surface area contributed by atoms with Gasteiger partial charge in [0, 0.05) is 17.0 Å². The van der Waals surface area contributed by atoms with Crippen LogP contribution in [0.5, 0.6) is 0 Å². The van der Waals surface area contributed by atoms with E-state index in [1.165, 1.54) is 5.56 Å². The second-order valence-electron chi connectivity index (χ2n) is 2.88. The highest BCUT2D eigenvalue weighted by molar-refractivity contribution is 9.10. The minimum atomic E-state index is 0.177. The van der Waals surface area contributed by atoms with Gasteiger partial charge in [-0.2, -0.15) is 11.3 Å². The number of likely N-dealkylation sites (N-methyl/N-ethyl adjacent to an activating group) is 1. The van der Waals surface area contributed by atoms with Gasteiger partial charge in [-0.25, -0.2) is 0 Å². The lowest BCUT2D eigenvalue weighted by molar-refractivity contribution is 0.0856. The Morgan fingerprint density at radius 2 is 2.23 bits per heavy atom. The van der Waals surface area contributed by atoms with Gasteiger partial charge in [0.2, 0.25) is 0 Å². The van der Waals surface area contributed by atoms with Crippen molar-refractivity contribution in [1.29, 1.82) is 0 Å². The lowest BCUT2D eigenvalue weighted by Gasteiger charge is -2.22. The molecule has 0 aromatic carbocycles. The lowest BCUT2D eigenvalue weighted by atomic mass is 10.1. The summed E-state index contributed by atoms with van der Waals surface area (Å²) in [6.07, 6.45) is 0.177. The van der Waals surface area contributed by atoms with Crippen molar-refractivity contribution in [2.75, 3.05) is 14.2 Å². The van der Waals surface area contributed by atoms with Gasteiger partial charge in [0.25, 0.3) is 0 Å². The normalized spacial score (nSPS) is 15.7. The van der Waals surface area contributed by atoms with Gasteiger partial charge in [-0.15, -0.1) is 0 Å². The SMILES string of the molecule is CNC(c1cscc1Br)C(C)OC. The van der Waals surface area contributed by atoms with E-state index >= 15 is 0 Å². The molecule has 0 aliphatic carbocycles. The minimum Gasteiger partial charge on any atom is -0.380 e. The molecule has 0 fully saturated rings. The standard InChI is InChI=1S/C9H14BrNOS/c1-6(12-3)9(11-2)7-4-13-5-8(7)10/h4-6,9,11H,1-3H3. The molecule has 1 aromatic rings. The summed E-state index contributed by atoms with van der Waals surface area (Å²) in [6.45, 7) is 2.06. The molecule has 0 spiro atoms. The number of hydrogen-bond donors (Lipinski definition) is 1. The van der Waals surface area contributed by atoms with Gasteiger partial charge in [0.15, 0.2) is 0 Å². The second kappa shape index (κ2) is 5.10. The van der Waals surface area contributed by atoms with E-state index in [0.29, 0.717) is 0 Å². The van der Waals surface area contributed by atoms with E-state index in [0.717, 1.165) is 4.47 Å². The average molecular weight is 264 g/mol. The Kier molecular flexibility index (Phi) is 4.38. The van der Waals surface area contributed by atoms with Gasteiger partial charge in [-0.3, -0.25) is 0 Å². The summed E-state index contributed by atoms with van der Waals surface area (Å²) in [4.78, 5) is 0. The first-order valence-corrected chi connectivity index (χ1v) is 5.86. The topological polar surface area (TPSA) is 21.3 Å². The van der Waals surface area contributed by atoms with Gasteiger partial charge >= 0.3 is 0 Å². The third kappa shape index (κ3) is 2.53. The molecule has 1 heterocycles. The van der Waals surface area contributed by atoms with Gasteiger partial charge < -0.3 is 10.1 Å². The molecule has 0 saturated carbocycles. The Hall–Kier alpha value is 0.1000. The number of methoxy groups -OCH3 is 1. The summed E-state index contributed by atoms with van der Waals surface area (Å²) in [5.41, 5.74) is 1.27. The number of rotatable bonds is 4. The predicted octanol–water partition coefficient (Wildman–Crippen LogP) is 2.81. The average Bonchev–Trinajstić information content (AvgIpc) is 2.53. The van der Waals surface area contributed by atoms with Crippen LogP contribution in [0.25, 0.3) is 0 Å². The molecule has 0 aliphatic rings. The van der Waals surface area contributed by atoms with Gasteiger partial charge in [-0.05, 0) is 40.8 Å². The molecule has 0 amide bonds. The summed E-state index contributed by atoms with van der Waals surface area (Å²) in [6, 6.07) is 0.255. The highest BCUT2D eigenvalue weighted by Crippen LogP contribution is 2.29. The van der Waals surface area contributed by atoms with Crippen molar-refractivity contribution < 1.29 is 4.74 Å². The molecule has 0 bridgehead atoms. The van der Waals surface area contributed by atoms with Crippen molar-refractivity contribution >= 4 is 27.3 Å². The largest absolute Gasteiger partial charge is 0.380 e. The fourth-order valence-corrected chi connectivity index (χ4v) is 2.87. The number of thiophene rings is 1. The van der Waals surface area contributed by atoms with Crippen molar-refractivity contribution in [2.45, 2.75) is 19.1 Å². The number of nitrogens with one attached hydrogen (secondary N) is 1. The van der Waals surface area contributed by atoms with Gasteiger partial charge in [-0.1, -0.05) is 0 Å². The molecule has 2 nitrogen and oxygen atoms in total. The summed E-state index contributed by atoms with van der Waals surface area (Å²) in [7, 11) is 3.68. The van der Waals surface area contributed by atoms with Crippen LogP contribution >= 0.6 is 27.3 Å². The fourth-order valence-electron chi connectivity index (χ4n) is 1.29. The molecule has 4 heteroatoms. The molecule has 1 rings (SSSR count). The van der Waals surface area contributed by atoms with Crippen LogP contribution in [0.15, 0.2) is 15.2 Å². The quantitative estimate of drug-likeness (QED) is 0.902. The Bertz CT molecular complexity index is 264. The fraction of sp³-hybridized carbons (Fsp3) is 0.556. The van der Waals surface area contributed by atoms with E-state index in [1.807, 2.05) is 7.05 Å². The molecule has 1 aromatic heterocycles. The molecule has 13 heavy (non-hydrogen) atoms. The zero-order chi connectivity index (χ0) is 9.84. The highest BCUT2D eigenvalue weighted by atomic mass is 79.9. The molecule has 2 unspecified atom stereocenters. The smallest absolute Gasteiger partial charge is 0.0738 e. The van der Waals surface area contributed by atoms with Crippen molar-refractivity contribution in [3.63, 3.8) is 0 Å². The maximum atomic E-state index is 5.30. The second-order valence-corrected chi connectivity index (χ2v) is 4.48. The number of halogens is 1. The maximum Gasteiger partial charge on any atom is 0.0738 e. The highest BCUT2D eigenvalue weighted by Gasteiger charge is 2.19. The summed E-state index contributed by atoms with van der Waals surface area (Å²) in [5, 5.41) is 7.47. The summed E-state index contributed by atoms with van der Waals surface area (Å²) in [5.74, 6) is 0. The first kappa shape index (κ1) is 11.2. The van der Waals surface area contributed by atoms with Crippen molar-refractivity contribution in [3.05, 3.63) is 20.8 Å². The Morgan fingerprint density at radius 3 is 2.62 bits per heavy atom. The molecule has 74 valence electrons. The van der Waals surface area contributed by atoms with Crippen LogP contribution in [0.4, 0.5) is 0 Å². The zero-order valence-corrected chi connectivity index (χ0v) is 10.4. The number of hydrogen-bond acceptors (Lipinski definition) is 3. The Morgan fingerprint density at radius 1 is 1.54 bits per heavy atom. The molecular weight excluding hydrogens is 250 g/mol. The summed E-state index contributed by atoms with van der Waals surface area (Å²) < 4.78 is 6.46. The van der Waals surface area contributed by atoms with Crippen LogP contribution in [0.3, 0.4) is 0 Å².